The quantitative estimate of drug-likeness (QED) is 0.600. The minimum atomic E-state index is -0.302. The fourth-order valence-electron chi connectivity index (χ4n) is 0.598. The summed E-state index contributed by atoms with van der Waals surface area (Å²) in [6.07, 6.45) is 1.59. The Morgan fingerprint density at radius 3 is 3.00 bits per heavy atom. The highest BCUT2D eigenvalue weighted by atomic mass is 32.2. The molecule has 0 spiro atoms. The smallest absolute Gasteiger partial charge is 0.244 e. The zero-order chi connectivity index (χ0) is 8.27. The van der Waals surface area contributed by atoms with Crippen LogP contribution in [0.15, 0.2) is 16.0 Å². The van der Waals surface area contributed by atoms with Gasteiger partial charge in [-0.15, -0.1) is 11.8 Å². The summed E-state index contributed by atoms with van der Waals surface area (Å²) in [5.41, 5.74) is -0.302. The van der Waals surface area contributed by atoms with E-state index < -0.39 is 0 Å². The number of hydrogen-bond acceptors (Lipinski definition) is 4. The van der Waals surface area contributed by atoms with Crippen LogP contribution in [0.4, 0.5) is 0 Å². The summed E-state index contributed by atoms with van der Waals surface area (Å²) < 4.78 is 1.21. The zero-order valence-electron chi connectivity index (χ0n) is 6.44. The fraction of sp³-hybridized carbons (Fsp3) is 0.500. The van der Waals surface area contributed by atoms with Crippen LogP contribution in [-0.4, -0.2) is 20.5 Å². The van der Waals surface area contributed by atoms with E-state index in [9.17, 15) is 4.79 Å². The molecule has 0 fully saturated rings. The standard InChI is InChI=1S/C6H9N3OS/c1-3-11-5-4-7-9(2)6(10)8-5/h4H,3H2,1-2H3. The van der Waals surface area contributed by atoms with Gasteiger partial charge in [0.2, 0.25) is 0 Å². The highest BCUT2D eigenvalue weighted by Crippen LogP contribution is 2.09. The molecule has 0 radical (unpaired) electrons. The molecule has 1 aromatic rings. The molecule has 0 saturated carbocycles. The van der Waals surface area contributed by atoms with Gasteiger partial charge in [0.15, 0.2) is 0 Å². The molecular weight excluding hydrogens is 162 g/mol. The van der Waals surface area contributed by atoms with Crippen molar-refractivity contribution in [3.8, 4) is 0 Å². The van der Waals surface area contributed by atoms with Crippen molar-refractivity contribution < 1.29 is 0 Å². The molecular formula is C6H9N3OS. The van der Waals surface area contributed by atoms with E-state index in [4.69, 9.17) is 0 Å². The molecule has 0 saturated heterocycles. The molecule has 0 aromatic carbocycles. The predicted octanol–water partition coefficient (Wildman–Crippen LogP) is 0.287. The summed E-state index contributed by atoms with van der Waals surface area (Å²) in [6.45, 7) is 2.00. The molecule has 11 heavy (non-hydrogen) atoms. The maximum Gasteiger partial charge on any atom is 0.364 e. The molecule has 0 bridgehead atoms. The molecule has 0 amide bonds. The van der Waals surface area contributed by atoms with Gasteiger partial charge in [-0.1, -0.05) is 6.92 Å². The summed E-state index contributed by atoms with van der Waals surface area (Å²) in [5.74, 6) is 0.905. The molecule has 0 atom stereocenters. The van der Waals surface area contributed by atoms with Gasteiger partial charge in [-0.05, 0) is 5.75 Å². The van der Waals surface area contributed by atoms with Gasteiger partial charge >= 0.3 is 5.69 Å². The lowest BCUT2D eigenvalue weighted by Crippen LogP contribution is -2.22. The van der Waals surface area contributed by atoms with Gasteiger partial charge in [-0.2, -0.15) is 10.1 Å². The van der Waals surface area contributed by atoms with E-state index in [0.717, 1.165) is 5.75 Å². The van der Waals surface area contributed by atoms with Crippen LogP contribution in [-0.2, 0) is 7.05 Å². The Morgan fingerprint density at radius 1 is 1.73 bits per heavy atom. The van der Waals surface area contributed by atoms with Crippen LogP contribution in [0.5, 0.6) is 0 Å². The van der Waals surface area contributed by atoms with Crippen molar-refractivity contribution in [2.45, 2.75) is 11.9 Å². The molecule has 5 heteroatoms. The molecule has 1 rings (SSSR count). The largest absolute Gasteiger partial charge is 0.364 e. The third kappa shape index (κ3) is 2.04. The lowest BCUT2D eigenvalue weighted by molar-refractivity contribution is 0.651. The van der Waals surface area contributed by atoms with E-state index >= 15 is 0 Å². The lowest BCUT2D eigenvalue weighted by atomic mass is 10.9. The Morgan fingerprint density at radius 2 is 2.45 bits per heavy atom. The molecule has 60 valence electrons. The van der Waals surface area contributed by atoms with Crippen molar-refractivity contribution in [2.24, 2.45) is 7.05 Å². The van der Waals surface area contributed by atoms with Crippen molar-refractivity contribution in [2.75, 3.05) is 5.75 Å². The van der Waals surface area contributed by atoms with Gasteiger partial charge in [0.1, 0.15) is 5.03 Å². The summed E-state index contributed by atoms with van der Waals surface area (Å²) in [4.78, 5) is 14.7. The zero-order valence-corrected chi connectivity index (χ0v) is 7.26. The number of aromatic nitrogens is 3. The molecule has 1 heterocycles. The van der Waals surface area contributed by atoms with Crippen LogP contribution in [0.2, 0.25) is 0 Å². The molecule has 0 aliphatic rings. The van der Waals surface area contributed by atoms with E-state index in [0.29, 0.717) is 5.03 Å². The first kappa shape index (κ1) is 8.26. The Kier molecular flexibility index (Phi) is 2.64. The van der Waals surface area contributed by atoms with Crippen LogP contribution < -0.4 is 5.69 Å². The van der Waals surface area contributed by atoms with E-state index in [1.165, 1.54) is 16.4 Å². The number of nitrogens with zero attached hydrogens (tertiary/aromatic N) is 3. The highest BCUT2D eigenvalue weighted by Gasteiger charge is 1.96. The van der Waals surface area contributed by atoms with E-state index in [1.807, 2.05) is 6.92 Å². The summed E-state index contributed by atoms with van der Waals surface area (Å²) in [5, 5.41) is 4.51. The molecule has 0 unspecified atom stereocenters. The molecule has 0 aliphatic carbocycles. The first-order chi connectivity index (χ1) is 5.24. The third-order valence-corrected chi connectivity index (χ3v) is 1.90. The Hall–Kier alpha value is -0.840. The summed E-state index contributed by atoms with van der Waals surface area (Å²) >= 11 is 1.51. The monoisotopic (exact) mass is 171 g/mol. The minimum absolute atomic E-state index is 0.302. The van der Waals surface area contributed by atoms with Crippen LogP contribution in [0.25, 0.3) is 0 Å². The van der Waals surface area contributed by atoms with E-state index in [2.05, 4.69) is 10.1 Å². The highest BCUT2D eigenvalue weighted by molar-refractivity contribution is 7.99. The van der Waals surface area contributed by atoms with Crippen molar-refractivity contribution in [1.29, 1.82) is 0 Å². The lowest BCUT2D eigenvalue weighted by Gasteiger charge is -1.96. The third-order valence-electron chi connectivity index (χ3n) is 1.12. The molecule has 1 aromatic heterocycles. The number of aryl methyl sites for hydroxylation is 1. The SMILES string of the molecule is CCSc1cnn(C)c(=O)n1. The van der Waals surface area contributed by atoms with Crippen LogP contribution in [0.3, 0.4) is 0 Å². The normalized spacial score (nSPS) is 10.0. The molecule has 0 aliphatic heterocycles. The van der Waals surface area contributed by atoms with E-state index in [1.54, 1.807) is 13.2 Å². The van der Waals surface area contributed by atoms with Gasteiger partial charge in [0, 0.05) is 7.05 Å². The average Bonchev–Trinajstić information content (AvgIpc) is 1.98. The summed E-state index contributed by atoms with van der Waals surface area (Å²) in [6, 6.07) is 0. The minimum Gasteiger partial charge on any atom is -0.244 e. The topological polar surface area (TPSA) is 47.8 Å². The van der Waals surface area contributed by atoms with Gasteiger partial charge in [0.05, 0.1) is 6.20 Å². The predicted molar refractivity (Wildman–Crippen MR) is 43.7 cm³/mol. The Labute approximate surface area is 68.6 Å². The summed E-state index contributed by atoms with van der Waals surface area (Å²) in [7, 11) is 1.58. The number of hydrogen-bond donors (Lipinski definition) is 0. The average molecular weight is 171 g/mol. The van der Waals surface area contributed by atoms with Crippen molar-refractivity contribution in [3.63, 3.8) is 0 Å². The van der Waals surface area contributed by atoms with Gasteiger partial charge in [-0.3, -0.25) is 0 Å². The van der Waals surface area contributed by atoms with Gasteiger partial charge in [0.25, 0.3) is 0 Å². The van der Waals surface area contributed by atoms with Crippen LogP contribution >= 0.6 is 11.8 Å². The second-order valence-electron chi connectivity index (χ2n) is 1.93. The van der Waals surface area contributed by atoms with Crippen molar-refractivity contribution in [3.05, 3.63) is 16.7 Å². The van der Waals surface area contributed by atoms with E-state index in [-0.39, 0.29) is 5.69 Å². The van der Waals surface area contributed by atoms with Crippen LogP contribution in [0.1, 0.15) is 6.92 Å². The first-order valence-electron chi connectivity index (χ1n) is 3.27. The van der Waals surface area contributed by atoms with Crippen LogP contribution in [0, 0.1) is 0 Å². The Balaban J connectivity index is 2.96. The maximum absolute atomic E-state index is 10.9. The van der Waals surface area contributed by atoms with Gasteiger partial charge < -0.3 is 0 Å². The first-order valence-corrected chi connectivity index (χ1v) is 4.25. The second kappa shape index (κ2) is 3.52. The Bertz CT molecular complexity index is 296. The van der Waals surface area contributed by atoms with Crippen molar-refractivity contribution >= 4 is 11.8 Å². The molecule has 4 nitrogen and oxygen atoms in total. The molecule has 0 N–H and O–H groups in total. The van der Waals surface area contributed by atoms with Crippen molar-refractivity contribution in [1.82, 2.24) is 14.8 Å². The fourth-order valence-corrected chi connectivity index (χ4v) is 1.16. The number of thioether (sulfide) groups is 1. The maximum atomic E-state index is 10.9. The second-order valence-corrected chi connectivity index (χ2v) is 3.22. The van der Waals surface area contributed by atoms with Gasteiger partial charge in [-0.25, -0.2) is 9.48 Å². The number of rotatable bonds is 2.